The van der Waals surface area contributed by atoms with E-state index in [-0.39, 0.29) is 5.54 Å². The third-order valence-corrected chi connectivity index (χ3v) is 4.16. The largest absolute Gasteiger partial charge is 0.379 e. The summed E-state index contributed by atoms with van der Waals surface area (Å²) in [7, 11) is 0. The molecule has 0 radical (unpaired) electrons. The van der Waals surface area contributed by atoms with Crippen LogP contribution in [0.25, 0.3) is 0 Å². The van der Waals surface area contributed by atoms with E-state index in [0.717, 1.165) is 45.7 Å². The molecule has 0 aromatic heterocycles. The molecule has 2 N–H and O–H groups in total. The van der Waals surface area contributed by atoms with Crippen molar-refractivity contribution in [3.05, 3.63) is 34.9 Å². The van der Waals surface area contributed by atoms with Gasteiger partial charge in [-0.1, -0.05) is 18.2 Å². The maximum Gasteiger partial charge on any atom is 0.0646 e. The van der Waals surface area contributed by atoms with Crippen LogP contribution in [0.3, 0.4) is 0 Å². The molecule has 2 heterocycles. The molecule has 0 spiro atoms. The summed E-state index contributed by atoms with van der Waals surface area (Å²) < 4.78 is 5.49. The van der Waals surface area contributed by atoms with Gasteiger partial charge in [-0.2, -0.15) is 0 Å². The van der Waals surface area contributed by atoms with Gasteiger partial charge in [0.25, 0.3) is 0 Å². The van der Waals surface area contributed by atoms with E-state index in [1.807, 2.05) is 0 Å². The minimum Gasteiger partial charge on any atom is -0.379 e. The van der Waals surface area contributed by atoms with Gasteiger partial charge in [0.2, 0.25) is 0 Å². The number of rotatable bonds is 3. The van der Waals surface area contributed by atoms with Gasteiger partial charge in [-0.3, -0.25) is 0 Å². The molecule has 0 amide bonds. The number of hydrogen-bond acceptors (Lipinski definition) is 3. The highest BCUT2D eigenvalue weighted by Crippen LogP contribution is 2.22. The van der Waals surface area contributed by atoms with Crippen molar-refractivity contribution in [3.63, 3.8) is 0 Å². The van der Waals surface area contributed by atoms with Gasteiger partial charge in [0, 0.05) is 25.2 Å². The summed E-state index contributed by atoms with van der Waals surface area (Å²) >= 11 is 0. The van der Waals surface area contributed by atoms with Crippen LogP contribution in [-0.2, 0) is 24.2 Å². The molecule has 98 valence electrons. The molecular formula is C15H22N2O. The van der Waals surface area contributed by atoms with Gasteiger partial charge in [0.1, 0.15) is 0 Å². The van der Waals surface area contributed by atoms with Crippen molar-refractivity contribution in [2.24, 2.45) is 0 Å². The SMILES string of the molecule is CC1(NCc2cccc3c2CCNC3)CCOC1. The van der Waals surface area contributed by atoms with Gasteiger partial charge in [-0.15, -0.1) is 0 Å². The molecule has 1 aromatic rings. The van der Waals surface area contributed by atoms with Crippen molar-refractivity contribution in [3.8, 4) is 0 Å². The van der Waals surface area contributed by atoms with E-state index in [2.05, 4.69) is 35.8 Å². The molecule has 0 bridgehead atoms. The average molecular weight is 246 g/mol. The highest BCUT2D eigenvalue weighted by Gasteiger charge is 2.29. The van der Waals surface area contributed by atoms with Gasteiger partial charge >= 0.3 is 0 Å². The monoisotopic (exact) mass is 246 g/mol. The lowest BCUT2D eigenvalue weighted by atomic mass is 9.94. The summed E-state index contributed by atoms with van der Waals surface area (Å²) in [5.41, 5.74) is 4.64. The highest BCUT2D eigenvalue weighted by atomic mass is 16.5. The highest BCUT2D eigenvalue weighted by molar-refractivity contribution is 5.37. The molecule has 2 aliphatic rings. The van der Waals surface area contributed by atoms with Crippen molar-refractivity contribution in [2.45, 2.75) is 38.4 Å². The Morgan fingerprint density at radius 3 is 3.22 bits per heavy atom. The minimum absolute atomic E-state index is 0.162. The van der Waals surface area contributed by atoms with E-state index >= 15 is 0 Å². The summed E-state index contributed by atoms with van der Waals surface area (Å²) in [6.07, 6.45) is 2.27. The third kappa shape index (κ3) is 2.44. The molecule has 1 fully saturated rings. The van der Waals surface area contributed by atoms with Crippen LogP contribution in [0, 0.1) is 0 Å². The van der Waals surface area contributed by atoms with Gasteiger partial charge < -0.3 is 15.4 Å². The number of fused-ring (bicyclic) bond motifs is 1. The second kappa shape index (κ2) is 5.00. The van der Waals surface area contributed by atoms with Crippen LogP contribution in [0.4, 0.5) is 0 Å². The van der Waals surface area contributed by atoms with Gasteiger partial charge in [-0.25, -0.2) is 0 Å². The Balaban J connectivity index is 1.72. The van der Waals surface area contributed by atoms with Crippen LogP contribution in [0.2, 0.25) is 0 Å². The number of benzene rings is 1. The molecule has 3 nitrogen and oxygen atoms in total. The van der Waals surface area contributed by atoms with Crippen LogP contribution < -0.4 is 10.6 Å². The molecule has 1 aromatic carbocycles. The number of nitrogens with one attached hydrogen (secondary N) is 2. The summed E-state index contributed by atoms with van der Waals surface area (Å²) in [5, 5.41) is 7.11. The summed E-state index contributed by atoms with van der Waals surface area (Å²) in [4.78, 5) is 0. The van der Waals surface area contributed by atoms with Crippen LogP contribution in [0.1, 0.15) is 30.0 Å². The van der Waals surface area contributed by atoms with E-state index in [1.165, 1.54) is 11.1 Å². The quantitative estimate of drug-likeness (QED) is 0.850. The fourth-order valence-corrected chi connectivity index (χ4v) is 2.89. The molecule has 0 saturated carbocycles. The van der Waals surface area contributed by atoms with Gasteiger partial charge in [-0.05, 0) is 43.0 Å². The van der Waals surface area contributed by atoms with E-state index in [1.54, 1.807) is 5.56 Å². The topological polar surface area (TPSA) is 33.3 Å². The predicted octanol–water partition coefficient (Wildman–Crippen LogP) is 1.60. The lowest BCUT2D eigenvalue weighted by molar-refractivity contribution is 0.171. The van der Waals surface area contributed by atoms with E-state index < -0.39 is 0 Å². The first-order valence-electron chi connectivity index (χ1n) is 6.90. The zero-order chi connectivity index (χ0) is 12.4. The van der Waals surface area contributed by atoms with Crippen molar-refractivity contribution >= 4 is 0 Å². The smallest absolute Gasteiger partial charge is 0.0646 e. The molecule has 18 heavy (non-hydrogen) atoms. The summed E-state index contributed by atoms with van der Waals surface area (Å²) in [6.45, 7) is 7.07. The molecule has 2 aliphatic heterocycles. The van der Waals surface area contributed by atoms with Crippen LogP contribution in [0.5, 0.6) is 0 Å². The first-order chi connectivity index (χ1) is 8.77. The van der Waals surface area contributed by atoms with Crippen molar-refractivity contribution in [1.82, 2.24) is 10.6 Å². The second-order valence-corrected chi connectivity index (χ2v) is 5.70. The Morgan fingerprint density at radius 2 is 2.39 bits per heavy atom. The maximum absolute atomic E-state index is 5.49. The van der Waals surface area contributed by atoms with Crippen molar-refractivity contribution in [2.75, 3.05) is 19.8 Å². The first-order valence-corrected chi connectivity index (χ1v) is 6.90. The molecule has 3 heteroatoms. The second-order valence-electron chi connectivity index (χ2n) is 5.70. The van der Waals surface area contributed by atoms with Crippen molar-refractivity contribution in [1.29, 1.82) is 0 Å². The number of hydrogen-bond donors (Lipinski definition) is 2. The van der Waals surface area contributed by atoms with Crippen LogP contribution in [0.15, 0.2) is 18.2 Å². The fourth-order valence-electron chi connectivity index (χ4n) is 2.89. The van der Waals surface area contributed by atoms with Crippen LogP contribution >= 0.6 is 0 Å². The van der Waals surface area contributed by atoms with E-state index in [4.69, 9.17) is 4.74 Å². The van der Waals surface area contributed by atoms with E-state index in [0.29, 0.717) is 0 Å². The van der Waals surface area contributed by atoms with Crippen molar-refractivity contribution < 1.29 is 4.74 Å². The fraction of sp³-hybridized carbons (Fsp3) is 0.600. The molecule has 1 saturated heterocycles. The predicted molar refractivity (Wildman–Crippen MR) is 72.5 cm³/mol. The molecule has 1 unspecified atom stereocenters. The molecule has 0 aliphatic carbocycles. The standard InChI is InChI=1S/C15H22N2O/c1-15(6-8-18-11-15)17-10-13-4-2-3-12-9-16-7-5-14(12)13/h2-4,16-17H,5-11H2,1H3. The normalized spacial score (nSPS) is 27.2. The molecular weight excluding hydrogens is 224 g/mol. The maximum atomic E-state index is 5.49. The lowest BCUT2D eigenvalue weighted by Crippen LogP contribution is -2.42. The zero-order valence-corrected chi connectivity index (χ0v) is 11.1. The molecule has 1 atom stereocenters. The summed E-state index contributed by atoms with van der Waals surface area (Å²) in [6, 6.07) is 6.68. The lowest BCUT2D eigenvalue weighted by Gasteiger charge is -2.26. The Kier molecular flexibility index (Phi) is 3.37. The Labute approximate surface area is 109 Å². The third-order valence-electron chi connectivity index (χ3n) is 4.16. The number of ether oxygens (including phenoxy) is 1. The minimum atomic E-state index is 0.162. The average Bonchev–Trinajstić information content (AvgIpc) is 2.84. The van der Waals surface area contributed by atoms with E-state index in [9.17, 15) is 0 Å². The Morgan fingerprint density at radius 1 is 1.44 bits per heavy atom. The van der Waals surface area contributed by atoms with Crippen LogP contribution in [-0.4, -0.2) is 25.3 Å². The summed E-state index contributed by atoms with van der Waals surface area (Å²) in [5.74, 6) is 0. The Hall–Kier alpha value is -0.900. The van der Waals surface area contributed by atoms with Gasteiger partial charge in [0.15, 0.2) is 0 Å². The zero-order valence-electron chi connectivity index (χ0n) is 11.1. The first kappa shape index (κ1) is 12.2. The van der Waals surface area contributed by atoms with Gasteiger partial charge in [0.05, 0.1) is 6.61 Å². The Bertz CT molecular complexity index is 425. The molecule has 3 rings (SSSR count).